The molecule has 0 saturated carbocycles. The molecule has 1 aliphatic rings. The highest BCUT2D eigenvalue weighted by Crippen LogP contribution is 2.54. The molecule has 0 radical (unpaired) electrons. The van der Waals surface area contributed by atoms with Crippen LogP contribution >= 0.6 is 23.5 Å². The molecule has 120 valence electrons. The zero-order chi connectivity index (χ0) is 16.3. The lowest BCUT2D eigenvalue weighted by atomic mass is 10.0. The van der Waals surface area contributed by atoms with E-state index in [1.54, 1.807) is 0 Å². The number of hydrogen-bond acceptors (Lipinski definition) is 6. The predicted octanol–water partition coefficient (Wildman–Crippen LogP) is 3.37. The van der Waals surface area contributed by atoms with E-state index in [1.807, 2.05) is 0 Å². The minimum absolute atomic E-state index is 0.0226. The summed E-state index contributed by atoms with van der Waals surface area (Å²) in [5.74, 6) is -0.285. The Kier molecular flexibility index (Phi) is 5.81. The second-order valence-corrected chi connectivity index (χ2v) is 8.11. The molecule has 1 aromatic rings. The molecule has 1 aliphatic heterocycles. The first-order valence-corrected chi connectivity index (χ1v) is 8.93. The van der Waals surface area contributed by atoms with Crippen LogP contribution in [0.1, 0.15) is 35.5 Å². The Bertz CT molecular complexity index is 518. The molecule has 1 heterocycles. The summed E-state index contributed by atoms with van der Waals surface area (Å²) in [7, 11) is 2.68. The second kappa shape index (κ2) is 7.42. The van der Waals surface area contributed by atoms with E-state index >= 15 is 0 Å². The van der Waals surface area contributed by atoms with E-state index in [9.17, 15) is 9.59 Å². The van der Waals surface area contributed by atoms with Gasteiger partial charge in [0, 0.05) is 0 Å². The fourth-order valence-corrected chi connectivity index (χ4v) is 5.67. The predicted molar refractivity (Wildman–Crippen MR) is 90.1 cm³/mol. The van der Waals surface area contributed by atoms with Crippen molar-refractivity contribution in [2.75, 3.05) is 14.2 Å². The number of esters is 2. The molecule has 22 heavy (non-hydrogen) atoms. The van der Waals surface area contributed by atoms with Gasteiger partial charge in [-0.2, -0.15) is 0 Å². The van der Waals surface area contributed by atoms with Gasteiger partial charge in [0.15, 0.2) is 0 Å². The van der Waals surface area contributed by atoms with Gasteiger partial charge in [0.05, 0.1) is 18.8 Å². The molecule has 0 aliphatic carbocycles. The van der Waals surface area contributed by atoms with Crippen LogP contribution in [0.15, 0.2) is 24.3 Å². The van der Waals surface area contributed by atoms with Crippen molar-refractivity contribution >= 4 is 35.5 Å². The Morgan fingerprint density at radius 3 is 1.77 bits per heavy atom. The van der Waals surface area contributed by atoms with Crippen LogP contribution in [-0.2, 0) is 19.1 Å². The van der Waals surface area contributed by atoms with Crippen molar-refractivity contribution in [3.8, 4) is 0 Å². The highest BCUT2D eigenvalue weighted by molar-refractivity contribution is 8.21. The van der Waals surface area contributed by atoms with Crippen LogP contribution < -0.4 is 0 Å². The van der Waals surface area contributed by atoms with Gasteiger partial charge in [-0.05, 0) is 17.0 Å². The monoisotopic (exact) mass is 340 g/mol. The smallest absolute Gasteiger partial charge is 0.320 e. The summed E-state index contributed by atoms with van der Waals surface area (Å²) in [5.41, 5.74) is 2.37. The topological polar surface area (TPSA) is 52.6 Å². The van der Waals surface area contributed by atoms with E-state index in [2.05, 4.69) is 38.1 Å². The largest absolute Gasteiger partial charge is 0.468 e. The highest BCUT2D eigenvalue weighted by atomic mass is 32.2. The van der Waals surface area contributed by atoms with Gasteiger partial charge in [-0.25, -0.2) is 0 Å². The fraction of sp³-hybridized carbons (Fsp3) is 0.500. The van der Waals surface area contributed by atoms with E-state index < -0.39 is 10.5 Å². The van der Waals surface area contributed by atoms with Crippen molar-refractivity contribution in [2.45, 2.75) is 34.8 Å². The van der Waals surface area contributed by atoms with E-state index in [1.165, 1.54) is 43.3 Å². The zero-order valence-electron chi connectivity index (χ0n) is 13.1. The first-order chi connectivity index (χ1) is 10.5. The number of ether oxygens (including phenoxy) is 2. The van der Waals surface area contributed by atoms with Gasteiger partial charge >= 0.3 is 11.9 Å². The molecule has 6 heteroatoms. The van der Waals surface area contributed by atoms with Crippen LogP contribution in [0.5, 0.6) is 0 Å². The van der Waals surface area contributed by atoms with Crippen LogP contribution in [0.2, 0.25) is 0 Å². The van der Waals surface area contributed by atoms with Crippen LogP contribution in [0.25, 0.3) is 0 Å². The van der Waals surface area contributed by atoms with Crippen molar-refractivity contribution in [1.82, 2.24) is 0 Å². The van der Waals surface area contributed by atoms with Gasteiger partial charge in [-0.1, -0.05) is 38.1 Å². The lowest BCUT2D eigenvalue weighted by Gasteiger charge is -2.12. The van der Waals surface area contributed by atoms with Crippen LogP contribution in [0, 0.1) is 0 Å². The molecule has 1 saturated heterocycles. The van der Waals surface area contributed by atoms with E-state index in [0.29, 0.717) is 5.92 Å². The molecule has 2 rings (SSSR count). The molecule has 4 nitrogen and oxygen atoms in total. The Morgan fingerprint density at radius 2 is 1.41 bits per heavy atom. The molecule has 0 spiro atoms. The SMILES string of the molecule is COC(=O)C1SC(c2ccc(C(C)C)cc2)SC1C(=O)OC. The lowest BCUT2D eigenvalue weighted by molar-refractivity contribution is -0.145. The molecule has 0 bridgehead atoms. The number of hydrogen-bond donors (Lipinski definition) is 0. The molecule has 1 fully saturated rings. The summed E-state index contributed by atoms with van der Waals surface area (Å²) in [5, 5.41) is -1.06. The van der Waals surface area contributed by atoms with Crippen molar-refractivity contribution in [1.29, 1.82) is 0 Å². The average Bonchev–Trinajstić information content (AvgIpc) is 2.98. The molecule has 0 amide bonds. The zero-order valence-corrected chi connectivity index (χ0v) is 14.7. The maximum absolute atomic E-state index is 11.9. The standard InChI is InChI=1S/C16H20O4S2/c1-9(2)10-5-7-11(8-6-10)16-21-12(14(17)19-3)13(22-16)15(18)20-4/h5-9,12-13,16H,1-4H3. The Balaban J connectivity index is 2.19. The van der Waals surface area contributed by atoms with Gasteiger partial charge in [-0.15, -0.1) is 23.5 Å². The van der Waals surface area contributed by atoms with E-state index in [4.69, 9.17) is 9.47 Å². The van der Waals surface area contributed by atoms with Crippen LogP contribution in [-0.4, -0.2) is 36.7 Å². The van der Waals surface area contributed by atoms with Crippen molar-refractivity contribution in [3.63, 3.8) is 0 Å². The first-order valence-electron chi connectivity index (χ1n) is 7.04. The number of methoxy groups -OCH3 is 2. The minimum atomic E-state index is -0.530. The van der Waals surface area contributed by atoms with Gasteiger partial charge < -0.3 is 9.47 Å². The van der Waals surface area contributed by atoms with Gasteiger partial charge in [0.25, 0.3) is 0 Å². The Labute approximate surface area is 139 Å². The number of benzene rings is 1. The summed E-state index contributed by atoms with van der Waals surface area (Å²) in [6.45, 7) is 4.29. The summed E-state index contributed by atoms with van der Waals surface area (Å²) in [6, 6.07) is 8.32. The first kappa shape index (κ1) is 17.2. The fourth-order valence-electron chi connectivity index (χ4n) is 2.23. The van der Waals surface area contributed by atoms with Crippen LogP contribution in [0.3, 0.4) is 0 Å². The number of carbonyl (C=O) groups is 2. The average molecular weight is 340 g/mol. The number of carbonyl (C=O) groups excluding carboxylic acids is 2. The third-order valence-electron chi connectivity index (χ3n) is 3.56. The minimum Gasteiger partial charge on any atom is -0.468 e. The normalized spacial score (nSPS) is 24.3. The molecule has 1 aromatic carbocycles. The number of rotatable bonds is 4. The van der Waals surface area contributed by atoms with E-state index in [0.717, 1.165) is 5.56 Å². The molecular formula is C16H20O4S2. The summed E-state index contributed by atoms with van der Waals surface area (Å²) in [6.07, 6.45) is 0. The molecular weight excluding hydrogens is 320 g/mol. The van der Waals surface area contributed by atoms with Crippen molar-refractivity contribution in [2.24, 2.45) is 0 Å². The third kappa shape index (κ3) is 3.60. The Morgan fingerprint density at radius 1 is 0.955 bits per heavy atom. The van der Waals surface area contributed by atoms with Gasteiger partial charge in [-0.3, -0.25) is 9.59 Å². The van der Waals surface area contributed by atoms with Crippen molar-refractivity contribution < 1.29 is 19.1 Å². The summed E-state index contributed by atoms with van der Waals surface area (Å²) in [4.78, 5) is 23.8. The molecule has 0 N–H and O–H groups in total. The number of thioether (sulfide) groups is 2. The van der Waals surface area contributed by atoms with Gasteiger partial charge in [0.2, 0.25) is 0 Å². The highest BCUT2D eigenvalue weighted by Gasteiger charge is 2.46. The molecule has 0 aromatic heterocycles. The van der Waals surface area contributed by atoms with Gasteiger partial charge in [0.1, 0.15) is 10.5 Å². The quantitative estimate of drug-likeness (QED) is 0.783. The maximum Gasteiger partial charge on any atom is 0.320 e. The van der Waals surface area contributed by atoms with Crippen molar-refractivity contribution in [3.05, 3.63) is 35.4 Å². The molecule has 2 unspecified atom stereocenters. The van der Waals surface area contributed by atoms with E-state index in [-0.39, 0.29) is 16.5 Å². The Hall–Kier alpha value is -1.14. The second-order valence-electron chi connectivity index (χ2n) is 5.31. The summed E-state index contributed by atoms with van der Waals surface area (Å²) < 4.78 is 9.65. The van der Waals surface area contributed by atoms with Crippen LogP contribution in [0.4, 0.5) is 0 Å². The lowest BCUT2D eigenvalue weighted by Crippen LogP contribution is -2.33. The maximum atomic E-state index is 11.9. The molecule has 2 atom stereocenters. The third-order valence-corrected chi connectivity index (χ3v) is 6.95. The summed E-state index contributed by atoms with van der Waals surface area (Å²) >= 11 is 2.90.